The first-order valence-corrected chi connectivity index (χ1v) is 13.3. The minimum absolute atomic E-state index is 0.0770. The molecule has 2 heterocycles. The van der Waals surface area contributed by atoms with Crippen molar-refractivity contribution >= 4 is 11.5 Å². The molecule has 1 aromatic carbocycles. The molecule has 1 N–H and O–H groups in total. The number of rotatable bonds is 2. The Morgan fingerprint density at radius 3 is 2.70 bits per heavy atom. The Morgan fingerprint density at radius 2 is 1.97 bits per heavy atom. The maximum Gasteiger partial charge on any atom is 0.156 e. The van der Waals surface area contributed by atoms with Crippen molar-refractivity contribution in [2.24, 2.45) is 11.3 Å². The van der Waals surface area contributed by atoms with E-state index in [1.165, 1.54) is 16.7 Å². The summed E-state index contributed by atoms with van der Waals surface area (Å²) in [5.41, 5.74) is 5.33. The van der Waals surface area contributed by atoms with E-state index in [2.05, 4.69) is 52.9 Å². The van der Waals surface area contributed by atoms with Crippen LogP contribution in [0.1, 0.15) is 56.1 Å². The second-order valence-electron chi connectivity index (χ2n) is 11.5. The van der Waals surface area contributed by atoms with Crippen LogP contribution in [-0.2, 0) is 9.53 Å². The predicted octanol–water partition coefficient (Wildman–Crippen LogP) is 4.82. The van der Waals surface area contributed by atoms with Gasteiger partial charge in [-0.1, -0.05) is 30.9 Å². The van der Waals surface area contributed by atoms with E-state index in [4.69, 9.17) is 4.74 Å². The molecule has 37 heavy (non-hydrogen) atoms. The number of aliphatic hydroxyl groups is 1. The third-order valence-corrected chi connectivity index (χ3v) is 9.25. The van der Waals surface area contributed by atoms with Crippen LogP contribution in [0.4, 0.5) is 5.69 Å². The van der Waals surface area contributed by atoms with Crippen molar-refractivity contribution in [1.29, 1.82) is 0 Å². The fraction of sp³-hybridized carbons (Fsp3) is 0.438. The van der Waals surface area contributed by atoms with Crippen molar-refractivity contribution in [3.63, 3.8) is 0 Å². The summed E-state index contributed by atoms with van der Waals surface area (Å²) in [7, 11) is 4.10. The lowest BCUT2D eigenvalue weighted by Crippen LogP contribution is -2.53. The highest BCUT2D eigenvalue weighted by molar-refractivity contribution is 5.93. The first-order chi connectivity index (χ1) is 17.8. The zero-order valence-corrected chi connectivity index (χ0v) is 21.8. The molecule has 5 atom stereocenters. The quantitative estimate of drug-likeness (QED) is 0.607. The first-order valence-electron chi connectivity index (χ1n) is 13.3. The van der Waals surface area contributed by atoms with Gasteiger partial charge in [0.25, 0.3) is 0 Å². The normalized spacial score (nSPS) is 32.5. The molecule has 1 unspecified atom stereocenters. The Hall–Kier alpha value is -3.20. The summed E-state index contributed by atoms with van der Waals surface area (Å²) in [4.78, 5) is 18.5. The number of hydrogen-bond donors (Lipinski definition) is 1. The molecule has 2 fully saturated rings. The van der Waals surface area contributed by atoms with Crippen LogP contribution in [-0.4, -0.2) is 48.3 Å². The van der Waals surface area contributed by atoms with E-state index >= 15 is 0 Å². The number of allylic oxidation sites excluding steroid dienone is 1. The monoisotopic (exact) mass is 494 g/mol. The van der Waals surface area contributed by atoms with Crippen LogP contribution < -0.4 is 4.90 Å². The summed E-state index contributed by atoms with van der Waals surface area (Å²) in [5.74, 6) is 6.97. The number of aromatic nitrogens is 1. The van der Waals surface area contributed by atoms with Crippen LogP contribution in [0.3, 0.4) is 0 Å². The molecule has 0 spiro atoms. The number of ketones is 1. The van der Waals surface area contributed by atoms with E-state index in [0.717, 1.165) is 36.1 Å². The average Bonchev–Trinajstić information content (AvgIpc) is 3.17. The van der Waals surface area contributed by atoms with Crippen molar-refractivity contribution in [2.75, 3.05) is 25.6 Å². The molecule has 2 aromatic rings. The highest BCUT2D eigenvalue weighted by atomic mass is 16.5. The molecular formula is C32H34N2O3. The number of carbonyl (C=O) groups excluding carboxylic acids is 1. The smallest absolute Gasteiger partial charge is 0.156 e. The predicted molar refractivity (Wildman–Crippen MR) is 144 cm³/mol. The summed E-state index contributed by atoms with van der Waals surface area (Å²) in [6.45, 7) is 2.68. The van der Waals surface area contributed by atoms with Crippen LogP contribution in [0.15, 0.2) is 71.6 Å². The van der Waals surface area contributed by atoms with Gasteiger partial charge in [-0.3, -0.25) is 9.78 Å². The Kier molecular flexibility index (Phi) is 5.86. The number of pyridine rings is 1. The molecule has 5 heteroatoms. The number of nitrogens with zero attached hydrogens (tertiary/aromatic N) is 2. The van der Waals surface area contributed by atoms with E-state index in [-0.39, 0.29) is 23.7 Å². The molecule has 0 bridgehead atoms. The van der Waals surface area contributed by atoms with Gasteiger partial charge in [-0.05, 0) is 84.2 Å². The molecule has 1 aliphatic heterocycles. The van der Waals surface area contributed by atoms with Crippen LogP contribution in [0.2, 0.25) is 0 Å². The number of benzene rings is 1. The highest BCUT2D eigenvalue weighted by Gasteiger charge is 2.63. The highest BCUT2D eigenvalue weighted by Crippen LogP contribution is 2.64. The van der Waals surface area contributed by atoms with Crippen molar-refractivity contribution in [3.05, 3.63) is 82.7 Å². The maximum absolute atomic E-state index is 12.2. The summed E-state index contributed by atoms with van der Waals surface area (Å²) < 4.78 is 6.59. The van der Waals surface area contributed by atoms with Crippen molar-refractivity contribution in [3.8, 4) is 11.8 Å². The van der Waals surface area contributed by atoms with Gasteiger partial charge >= 0.3 is 0 Å². The van der Waals surface area contributed by atoms with Gasteiger partial charge in [0, 0.05) is 55.5 Å². The minimum atomic E-state index is -1.12. The zero-order valence-electron chi connectivity index (χ0n) is 21.8. The van der Waals surface area contributed by atoms with Crippen molar-refractivity contribution in [1.82, 2.24) is 4.98 Å². The van der Waals surface area contributed by atoms with E-state index in [0.29, 0.717) is 19.4 Å². The molecule has 2 saturated carbocycles. The summed E-state index contributed by atoms with van der Waals surface area (Å²) in [6.07, 6.45) is 8.81. The molecule has 0 saturated heterocycles. The Bertz CT molecular complexity index is 1350. The molecular weight excluding hydrogens is 460 g/mol. The third-order valence-electron chi connectivity index (χ3n) is 9.25. The van der Waals surface area contributed by atoms with Crippen LogP contribution >= 0.6 is 0 Å². The van der Waals surface area contributed by atoms with Gasteiger partial charge in [0.2, 0.25) is 0 Å². The van der Waals surface area contributed by atoms with Crippen LogP contribution in [0.25, 0.3) is 0 Å². The Morgan fingerprint density at radius 1 is 1.16 bits per heavy atom. The maximum atomic E-state index is 12.2. The molecule has 3 aliphatic carbocycles. The lowest BCUT2D eigenvalue weighted by atomic mass is 9.55. The van der Waals surface area contributed by atoms with Gasteiger partial charge in [0.05, 0.1) is 12.7 Å². The fourth-order valence-corrected chi connectivity index (χ4v) is 7.14. The Labute approximate surface area is 219 Å². The van der Waals surface area contributed by atoms with Gasteiger partial charge in [0.1, 0.15) is 5.60 Å². The first kappa shape index (κ1) is 24.2. The lowest BCUT2D eigenvalue weighted by Gasteiger charge is -2.53. The topological polar surface area (TPSA) is 62.7 Å². The van der Waals surface area contributed by atoms with Gasteiger partial charge in [-0.15, -0.1) is 0 Å². The standard InChI is InChI=1S/C32H34N2O3/c1-31-18-27(22-6-8-24(9-7-22)34(2)3)29-26-11-10-25(35)17-23(26)20-37-30(29)28(31)13-15-32(31,36)14-12-21-5-4-16-33-19-21/h4-9,16-17,19,27-28,30,36H,10-11,13,15,18,20H2,1-3H3/t27?,28-,30-,31-,32-/m0/s1. The van der Waals surface area contributed by atoms with Gasteiger partial charge < -0.3 is 14.7 Å². The van der Waals surface area contributed by atoms with Crippen LogP contribution in [0, 0.1) is 23.2 Å². The van der Waals surface area contributed by atoms with E-state index in [1.54, 1.807) is 18.5 Å². The summed E-state index contributed by atoms with van der Waals surface area (Å²) in [6, 6.07) is 12.6. The SMILES string of the molecule is CN(C)c1ccc(C2C[C@@]3(C)[C@@H](CC[C@@]3(O)C#Cc3cccnc3)[C@@H]3OCC4=CC(=O)CCC4=C23)cc1. The molecule has 190 valence electrons. The molecule has 0 amide bonds. The molecule has 6 rings (SSSR count). The number of anilines is 1. The van der Waals surface area contributed by atoms with E-state index in [9.17, 15) is 9.90 Å². The molecule has 0 radical (unpaired) electrons. The number of fused-ring (bicyclic) bond motifs is 4. The van der Waals surface area contributed by atoms with E-state index in [1.807, 2.05) is 26.2 Å². The number of carbonyl (C=O) groups is 1. The second kappa shape index (κ2) is 8.97. The number of hydrogen-bond acceptors (Lipinski definition) is 5. The Balaban J connectivity index is 1.46. The van der Waals surface area contributed by atoms with Crippen molar-refractivity contribution in [2.45, 2.75) is 56.7 Å². The molecule has 5 nitrogen and oxygen atoms in total. The van der Waals surface area contributed by atoms with Crippen molar-refractivity contribution < 1.29 is 14.6 Å². The molecule has 1 aromatic heterocycles. The summed E-state index contributed by atoms with van der Waals surface area (Å²) in [5, 5.41) is 12.1. The third kappa shape index (κ3) is 3.95. The largest absolute Gasteiger partial charge is 0.378 e. The van der Waals surface area contributed by atoms with Crippen LogP contribution in [0.5, 0.6) is 0 Å². The van der Waals surface area contributed by atoms with E-state index < -0.39 is 11.0 Å². The summed E-state index contributed by atoms with van der Waals surface area (Å²) >= 11 is 0. The minimum Gasteiger partial charge on any atom is -0.378 e. The lowest BCUT2D eigenvalue weighted by molar-refractivity contribution is -0.115. The average molecular weight is 495 g/mol. The van der Waals surface area contributed by atoms with Gasteiger partial charge in [-0.25, -0.2) is 0 Å². The molecule has 4 aliphatic rings. The van der Waals surface area contributed by atoms with Gasteiger partial charge in [0.15, 0.2) is 5.78 Å². The fourth-order valence-electron chi connectivity index (χ4n) is 7.14. The zero-order chi connectivity index (χ0) is 25.8. The number of ether oxygens (including phenoxy) is 1. The second-order valence-corrected chi connectivity index (χ2v) is 11.5. The van der Waals surface area contributed by atoms with Gasteiger partial charge in [-0.2, -0.15) is 0 Å².